The quantitative estimate of drug-likeness (QED) is 0.0828. The van der Waals surface area contributed by atoms with Crippen LogP contribution >= 0.6 is 16.5 Å². The number of aromatic amines is 1. The Balaban J connectivity index is 0.00000134. The molecule has 2 aliphatic rings. The Morgan fingerprint density at radius 2 is 1.74 bits per heavy atom. The number of aromatic nitrogens is 8. The summed E-state index contributed by atoms with van der Waals surface area (Å²) in [5.74, 6) is -3.49. The highest BCUT2D eigenvalue weighted by atomic mass is 31.2. The zero-order valence-electron chi connectivity index (χ0n) is 22.8. The Bertz CT molecular complexity index is 1840. The van der Waals surface area contributed by atoms with Crippen molar-refractivity contribution in [3.05, 3.63) is 29.3 Å². The number of nitrogens with one attached hydrogen (secondary N) is 1. The van der Waals surface area contributed by atoms with Crippen molar-refractivity contribution in [2.45, 2.75) is 48.8 Å². The number of fused-ring (bicyclic) bond motifs is 2. The summed E-state index contributed by atoms with van der Waals surface area (Å²) < 4.78 is 59.6. The van der Waals surface area contributed by atoms with E-state index in [0.717, 1.165) is 17.2 Å². The highest BCUT2D eigenvalue weighted by Crippen LogP contribution is 2.52. The van der Waals surface area contributed by atoms with Gasteiger partial charge in [0, 0.05) is 0 Å². The van der Waals surface area contributed by atoms with Gasteiger partial charge in [-0.15, -0.1) is 0 Å². The number of alkyl halides is 1. The number of nitrogens with two attached hydrogens (primary N) is 2. The molecule has 0 aliphatic carbocycles. The Labute approximate surface area is 255 Å². The molecular weight excluding hydrogens is 669 g/mol. The molecule has 6 rings (SSSR count). The molecule has 0 saturated carbocycles. The molecule has 2 fully saturated rings. The van der Waals surface area contributed by atoms with Crippen LogP contribution in [-0.2, 0) is 27.7 Å². The summed E-state index contributed by atoms with van der Waals surface area (Å²) in [6.07, 6.45) is -8.80. The minimum atomic E-state index is -5.25. The molecule has 4 aromatic heterocycles. The first-order valence-corrected chi connectivity index (χ1v) is 15.0. The van der Waals surface area contributed by atoms with Crippen molar-refractivity contribution in [1.29, 1.82) is 0 Å². The molecule has 2 aliphatic heterocycles. The van der Waals surface area contributed by atoms with Crippen molar-refractivity contribution >= 4 is 50.6 Å². The normalized spacial score (nSPS) is 30.9. The Morgan fingerprint density at radius 1 is 1.09 bits per heavy atom. The van der Waals surface area contributed by atoms with Gasteiger partial charge in [-0.1, -0.05) is 0 Å². The number of hydrogen-bond donors (Lipinski definition) is 9. The third kappa shape index (κ3) is 6.09. The van der Waals surface area contributed by atoms with Gasteiger partial charge in [-0.05, 0) is 0 Å². The maximum absolute atomic E-state index is 15.2. The van der Waals surface area contributed by atoms with Gasteiger partial charge in [0.25, 0.3) is 11.4 Å². The molecule has 0 aromatic carbocycles. The van der Waals surface area contributed by atoms with E-state index in [-0.39, 0.29) is 34.1 Å². The molecule has 0 spiro atoms. The van der Waals surface area contributed by atoms with Crippen molar-refractivity contribution in [2.75, 3.05) is 24.7 Å². The van der Waals surface area contributed by atoms with Gasteiger partial charge >= 0.3 is 16.5 Å². The van der Waals surface area contributed by atoms with Crippen molar-refractivity contribution in [3.8, 4) is 0 Å². The predicted octanol–water partition coefficient (Wildman–Crippen LogP) is -3.02. The second-order valence-electron chi connectivity index (χ2n) is 9.72. The molecule has 9 atom stereocenters. The fourth-order valence-electron chi connectivity index (χ4n) is 4.83. The van der Waals surface area contributed by atoms with E-state index in [9.17, 15) is 34.7 Å². The number of nitrogen functional groups attached to an aromatic ring is 2. The standard InChI is InChI=1S/C20H24FN10O11P.HO2P/c21-20(2-32)12(35)11(18(41-20)31-5-27-8-15(31)28-19(23)29-16(8)36)42-43(37,38)39-1-6-9(33)10(34)17(40-6)30-4-26-7-13(22)24-3-25-14(7)30;1-3-2/h3-6,9-12,17-18,32-35H,1-2H2,(H,37,38)(H2,22,24,25)(H3,23,28,29,36);(H,1,2)/t6-,9-,10-,11-,12+,17-,18-,20-;/m1./s1. The monoisotopic (exact) mass is 694 g/mol. The summed E-state index contributed by atoms with van der Waals surface area (Å²) in [5, 5.41) is 41.2. The summed E-state index contributed by atoms with van der Waals surface area (Å²) in [4.78, 5) is 51.5. The van der Waals surface area contributed by atoms with E-state index in [1.807, 2.05) is 0 Å². The van der Waals surface area contributed by atoms with Crippen LogP contribution in [0.4, 0.5) is 16.2 Å². The fraction of sp³-hybridized carbons (Fsp3) is 0.500. The van der Waals surface area contributed by atoms with E-state index in [0.29, 0.717) is 0 Å². The molecule has 6 heterocycles. The first-order chi connectivity index (χ1) is 21.7. The van der Waals surface area contributed by atoms with Crippen LogP contribution in [0.3, 0.4) is 0 Å². The Kier molecular flexibility index (Phi) is 9.43. The summed E-state index contributed by atoms with van der Waals surface area (Å²) in [6, 6.07) is 0. The Morgan fingerprint density at radius 3 is 2.41 bits per heavy atom. The molecule has 1 unspecified atom stereocenters. The molecule has 23 nitrogen and oxygen atoms in total. The topological polar surface area (TPSA) is 352 Å². The maximum atomic E-state index is 15.2. The SMILES string of the molecule is Nc1nc2c(ncn2[C@@H]2O[C@](F)(CO)[C@@H](O)[C@H]2OP(=O)(O)OC[C@H]2O[C@@H](n3cnc4c(N)ncnc43)[C@H](O)[C@@H]2O)c(=O)[nH]1.O=PO. The van der Waals surface area contributed by atoms with Gasteiger partial charge in [-0.2, -0.15) is 4.98 Å². The second-order valence-corrected chi connectivity index (χ2v) is 11.3. The number of aliphatic hydroxyl groups excluding tert-OH is 4. The molecular formula is C20H25FN10O13P2. The molecule has 0 bridgehead atoms. The van der Waals surface area contributed by atoms with Crippen LogP contribution < -0.4 is 17.0 Å². The lowest BCUT2D eigenvalue weighted by atomic mass is 10.1. The Hall–Kier alpha value is -3.64. The molecule has 11 N–H and O–H groups in total. The van der Waals surface area contributed by atoms with Gasteiger partial charge in [0.15, 0.2) is 35.1 Å². The van der Waals surface area contributed by atoms with Gasteiger partial charge < -0.3 is 51.2 Å². The lowest BCUT2D eigenvalue weighted by Crippen LogP contribution is -2.43. The summed E-state index contributed by atoms with van der Waals surface area (Å²) in [5.41, 5.74) is 10.4. The first kappa shape index (κ1) is 33.7. The second kappa shape index (κ2) is 12.9. The first-order valence-electron chi connectivity index (χ1n) is 12.7. The number of halogens is 1. The number of anilines is 2. The van der Waals surface area contributed by atoms with Crippen LogP contribution in [0.15, 0.2) is 23.8 Å². The zero-order valence-corrected chi connectivity index (χ0v) is 24.6. The number of aliphatic hydroxyl groups is 4. The van der Waals surface area contributed by atoms with Crippen LogP contribution in [0.5, 0.6) is 0 Å². The van der Waals surface area contributed by atoms with Crippen LogP contribution in [0.2, 0.25) is 0 Å². The van der Waals surface area contributed by atoms with E-state index in [4.69, 9.17) is 39.4 Å². The number of H-pyrrole nitrogens is 1. The van der Waals surface area contributed by atoms with Crippen LogP contribution in [0, 0.1) is 0 Å². The summed E-state index contributed by atoms with van der Waals surface area (Å²) >= 11 is 0. The maximum Gasteiger partial charge on any atom is 0.472 e. The molecule has 250 valence electrons. The number of imidazole rings is 2. The lowest BCUT2D eigenvalue weighted by Gasteiger charge is -2.24. The third-order valence-electron chi connectivity index (χ3n) is 6.95. The average Bonchev–Trinajstić information content (AvgIpc) is 3.75. The third-order valence-corrected chi connectivity index (χ3v) is 7.93. The number of phosphoric acid groups is 1. The minimum absolute atomic E-state index is 0.0552. The van der Waals surface area contributed by atoms with Crippen LogP contribution in [0.1, 0.15) is 12.5 Å². The van der Waals surface area contributed by atoms with E-state index >= 15 is 4.39 Å². The van der Waals surface area contributed by atoms with Crippen molar-refractivity contribution < 1.29 is 62.3 Å². The van der Waals surface area contributed by atoms with Gasteiger partial charge in [-0.3, -0.25) is 28.0 Å². The van der Waals surface area contributed by atoms with E-state index in [2.05, 4.69) is 29.9 Å². The highest BCUT2D eigenvalue weighted by Gasteiger charge is 2.59. The van der Waals surface area contributed by atoms with Gasteiger partial charge in [0.2, 0.25) is 5.95 Å². The fourth-order valence-corrected chi connectivity index (χ4v) is 5.75. The molecule has 26 heteroatoms. The largest absolute Gasteiger partial charge is 0.472 e. The van der Waals surface area contributed by atoms with Crippen molar-refractivity contribution in [3.63, 3.8) is 0 Å². The van der Waals surface area contributed by atoms with Gasteiger partial charge in [0.1, 0.15) is 49.0 Å². The average molecular weight is 694 g/mol. The molecule has 0 amide bonds. The number of ether oxygens (including phenoxy) is 2. The molecule has 46 heavy (non-hydrogen) atoms. The molecule has 2 saturated heterocycles. The zero-order chi connectivity index (χ0) is 33.6. The molecule has 0 radical (unpaired) electrons. The smallest absolute Gasteiger partial charge is 0.390 e. The predicted molar refractivity (Wildman–Crippen MR) is 146 cm³/mol. The van der Waals surface area contributed by atoms with E-state index in [1.165, 1.54) is 10.9 Å². The van der Waals surface area contributed by atoms with Gasteiger partial charge in [-0.25, -0.2) is 33.5 Å². The minimum Gasteiger partial charge on any atom is -0.390 e. The number of nitrogens with zero attached hydrogens (tertiary/aromatic N) is 7. The number of hydrogen-bond acceptors (Lipinski definition) is 18. The number of rotatable bonds is 8. The van der Waals surface area contributed by atoms with Crippen LogP contribution in [-0.4, -0.2) is 119 Å². The van der Waals surface area contributed by atoms with Gasteiger partial charge in [0.05, 0.1) is 19.3 Å². The van der Waals surface area contributed by atoms with Crippen LogP contribution in [0.25, 0.3) is 22.3 Å². The highest BCUT2D eigenvalue weighted by molar-refractivity contribution is 7.47. The van der Waals surface area contributed by atoms with E-state index in [1.54, 1.807) is 0 Å². The lowest BCUT2D eigenvalue weighted by molar-refractivity contribution is -0.206. The van der Waals surface area contributed by atoms with Crippen molar-refractivity contribution in [1.82, 2.24) is 39.0 Å². The summed E-state index contributed by atoms with van der Waals surface area (Å²) in [6.45, 7) is -2.24. The van der Waals surface area contributed by atoms with Crippen molar-refractivity contribution in [2.24, 2.45) is 0 Å². The number of phosphoric ester groups is 1. The molecule has 4 aromatic rings. The summed E-state index contributed by atoms with van der Waals surface area (Å²) in [7, 11) is -6.09. The van der Waals surface area contributed by atoms with E-state index < -0.39 is 84.1 Å².